The van der Waals surface area contributed by atoms with E-state index in [9.17, 15) is 9.18 Å². The predicted octanol–water partition coefficient (Wildman–Crippen LogP) is 4.17. The van der Waals surface area contributed by atoms with Crippen LogP contribution in [0.25, 0.3) is 11.1 Å². The molecule has 1 aliphatic carbocycles. The first-order chi connectivity index (χ1) is 10.6. The maximum Gasteiger partial charge on any atom is 0.337 e. The molecule has 1 fully saturated rings. The summed E-state index contributed by atoms with van der Waals surface area (Å²) in [6.07, 6.45) is 2.19. The summed E-state index contributed by atoms with van der Waals surface area (Å²) in [5.41, 5.74) is 2.68. The van der Waals surface area contributed by atoms with Gasteiger partial charge in [0.1, 0.15) is 11.6 Å². The summed E-state index contributed by atoms with van der Waals surface area (Å²) in [5, 5.41) is 0. The van der Waals surface area contributed by atoms with Crippen LogP contribution in [0.2, 0.25) is 0 Å². The lowest BCUT2D eigenvalue weighted by atomic mass is 9.94. The van der Waals surface area contributed by atoms with Gasteiger partial charge in [0.25, 0.3) is 0 Å². The second-order valence-electron chi connectivity index (χ2n) is 5.41. The second-order valence-corrected chi connectivity index (χ2v) is 5.41. The molecule has 3 rings (SSSR count). The highest BCUT2D eigenvalue weighted by molar-refractivity contribution is 5.91. The first-order valence-corrected chi connectivity index (χ1v) is 7.20. The van der Waals surface area contributed by atoms with Gasteiger partial charge in [-0.25, -0.2) is 9.18 Å². The zero-order valence-electron chi connectivity index (χ0n) is 12.6. The van der Waals surface area contributed by atoms with Crippen LogP contribution < -0.4 is 4.74 Å². The fraction of sp³-hybridized carbons (Fsp3) is 0.278. The molecular weight excluding hydrogens is 283 g/mol. The highest BCUT2D eigenvalue weighted by Crippen LogP contribution is 2.45. The maximum atomic E-state index is 14.3. The van der Waals surface area contributed by atoms with Crippen molar-refractivity contribution in [2.24, 2.45) is 0 Å². The molecule has 114 valence electrons. The monoisotopic (exact) mass is 300 g/mol. The second kappa shape index (κ2) is 5.79. The molecule has 0 aliphatic heterocycles. The molecule has 0 unspecified atom stereocenters. The summed E-state index contributed by atoms with van der Waals surface area (Å²) < 4.78 is 24.2. The number of esters is 1. The van der Waals surface area contributed by atoms with Gasteiger partial charge in [-0.2, -0.15) is 0 Å². The van der Waals surface area contributed by atoms with Gasteiger partial charge in [-0.05, 0) is 60.2 Å². The Balaban J connectivity index is 2.16. The van der Waals surface area contributed by atoms with Gasteiger partial charge in [-0.3, -0.25) is 0 Å². The summed E-state index contributed by atoms with van der Waals surface area (Å²) in [4.78, 5) is 11.8. The summed E-state index contributed by atoms with van der Waals surface area (Å²) >= 11 is 0. The van der Waals surface area contributed by atoms with E-state index in [0.717, 1.165) is 24.0 Å². The number of methoxy groups -OCH3 is 2. The van der Waals surface area contributed by atoms with Gasteiger partial charge in [0.15, 0.2) is 0 Å². The molecule has 0 heterocycles. The van der Waals surface area contributed by atoms with E-state index < -0.39 is 5.97 Å². The first-order valence-electron chi connectivity index (χ1n) is 7.20. The molecule has 0 saturated heterocycles. The Kier molecular flexibility index (Phi) is 3.84. The van der Waals surface area contributed by atoms with Crippen LogP contribution in [0.4, 0.5) is 4.39 Å². The molecule has 0 aromatic heterocycles. The number of hydrogen-bond donors (Lipinski definition) is 0. The lowest BCUT2D eigenvalue weighted by Gasteiger charge is -2.13. The van der Waals surface area contributed by atoms with E-state index >= 15 is 0 Å². The normalized spacial score (nSPS) is 13.8. The van der Waals surface area contributed by atoms with Crippen LogP contribution in [0.15, 0.2) is 36.4 Å². The molecule has 3 nitrogen and oxygen atoms in total. The Labute approximate surface area is 128 Å². The molecular formula is C18H17FO3. The van der Waals surface area contributed by atoms with Crippen molar-refractivity contribution >= 4 is 5.97 Å². The number of carbonyl (C=O) groups excluding carboxylic acids is 1. The standard InChI is InChI=1S/C18H17FO3/c1-21-13-6-8-17(19)16(10-13)15-9-12(18(20)22-2)5-7-14(15)11-3-4-11/h5-11H,3-4H2,1-2H3. The van der Waals surface area contributed by atoms with Crippen LogP contribution in [0.3, 0.4) is 0 Å². The lowest BCUT2D eigenvalue weighted by Crippen LogP contribution is -2.03. The van der Waals surface area contributed by atoms with Crippen LogP contribution in [0, 0.1) is 5.82 Å². The summed E-state index contributed by atoms with van der Waals surface area (Å²) in [5.74, 6) is 0.269. The van der Waals surface area contributed by atoms with E-state index in [-0.39, 0.29) is 5.82 Å². The summed E-state index contributed by atoms with van der Waals surface area (Å²) in [7, 11) is 2.88. The van der Waals surface area contributed by atoms with Crippen molar-refractivity contribution in [3.05, 3.63) is 53.3 Å². The highest BCUT2D eigenvalue weighted by atomic mass is 19.1. The van der Waals surface area contributed by atoms with Gasteiger partial charge in [0.2, 0.25) is 0 Å². The van der Waals surface area contributed by atoms with Crippen molar-refractivity contribution in [3.63, 3.8) is 0 Å². The Morgan fingerprint density at radius 1 is 1.09 bits per heavy atom. The zero-order valence-corrected chi connectivity index (χ0v) is 12.6. The Morgan fingerprint density at radius 2 is 1.86 bits per heavy atom. The zero-order chi connectivity index (χ0) is 15.7. The van der Waals surface area contributed by atoms with Crippen LogP contribution >= 0.6 is 0 Å². The fourth-order valence-electron chi connectivity index (χ4n) is 2.62. The van der Waals surface area contributed by atoms with Crippen molar-refractivity contribution in [2.75, 3.05) is 14.2 Å². The average Bonchev–Trinajstić information content (AvgIpc) is 3.39. The third-order valence-corrected chi connectivity index (χ3v) is 3.96. The quantitative estimate of drug-likeness (QED) is 0.795. The number of halogens is 1. The maximum absolute atomic E-state index is 14.3. The predicted molar refractivity (Wildman–Crippen MR) is 81.7 cm³/mol. The summed E-state index contributed by atoms with van der Waals surface area (Å²) in [6, 6.07) is 9.98. The molecule has 0 bridgehead atoms. The van der Waals surface area contributed by atoms with Crippen molar-refractivity contribution < 1.29 is 18.7 Å². The fourth-order valence-corrected chi connectivity index (χ4v) is 2.62. The highest BCUT2D eigenvalue weighted by Gasteiger charge is 2.28. The molecule has 0 N–H and O–H groups in total. The number of benzene rings is 2. The molecule has 2 aromatic rings. The van der Waals surface area contributed by atoms with Gasteiger partial charge in [-0.15, -0.1) is 0 Å². The van der Waals surface area contributed by atoms with Crippen LogP contribution in [0.1, 0.15) is 34.7 Å². The van der Waals surface area contributed by atoms with Gasteiger partial charge in [0.05, 0.1) is 19.8 Å². The van der Waals surface area contributed by atoms with Gasteiger partial charge >= 0.3 is 5.97 Å². The van der Waals surface area contributed by atoms with E-state index in [1.807, 2.05) is 6.07 Å². The molecule has 0 atom stereocenters. The smallest absolute Gasteiger partial charge is 0.337 e. The topological polar surface area (TPSA) is 35.5 Å². The van der Waals surface area contributed by atoms with Gasteiger partial charge < -0.3 is 9.47 Å². The number of rotatable bonds is 4. The first kappa shape index (κ1) is 14.6. The molecule has 1 saturated carbocycles. The summed E-state index contributed by atoms with van der Waals surface area (Å²) in [6.45, 7) is 0. The molecule has 0 spiro atoms. The van der Waals surface area contributed by atoms with Crippen LogP contribution in [0.5, 0.6) is 5.75 Å². The van der Waals surface area contributed by atoms with Crippen molar-refractivity contribution in [2.45, 2.75) is 18.8 Å². The van der Waals surface area contributed by atoms with Crippen LogP contribution in [-0.2, 0) is 4.74 Å². The lowest BCUT2D eigenvalue weighted by molar-refractivity contribution is 0.0601. The minimum atomic E-state index is -0.424. The van der Waals surface area contributed by atoms with Gasteiger partial charge in [0, 0.05) is 5.56 Å². The third-order valence-electron chi connectivity index (χ3n) is 3.96. The van der Waals surface area contributed by atoms with Crippen molar-refractivity contribution in [3.8, 4) is 16.9 Å². The van der Waals surface area contributed by atoms with Crippen LogP contribution in [-0.4, -0.2) is 20.2 Å². The number of carbonyl (C=O) groups is 1. The van der Waals surface area contributed by atoms with E-state index in [1.165, 1.54) is 13.2 Å². The molecule has 0 amide bonds. The number of ether oxygens (including phenoxy) is 2. The Bertz CT molecular complexity index is 720. The minimum absolute atomic E-state index is 0.329. The van der Waals surface area contributed by atoms with E-state index in [1.54, 1.807) is 31.4 Å². The van der Waals surface area contributed by atoms with Crippen molar-refractivity contribution in [1.82, 2.24) is 0 Å². The molecule has 2 aromatic carbocycles. The molecule has 4 heteroatoms. The minimum Gasteiger partial charge on any atom is -0.497 e. The molecule has 0 radical (unpaired) electrons. The molecule has 22 heavy (non-hydrogen) atoms. The van der Waals surface area contributed by atoms with Crippen molar-refractivity contribution in [1.29, 1.82) is 0 Å². The Morgan fingerprint density at radius 3 is 2.50 bits per heavy atom. The molecule has 1 aliphatic rings. The third kappa shape index (κ3) is 2.69. The van der Waals surface area contributed by atoms with E-state index in [4.69, 9.17) is 9.47 Å². The average molecular weight is 300 g/mol. The Hall–Kier alpha value is -2.36. The number of hydrogen-bond acceptors (Lipinski definition) is 3. The van der Waals surface area contributed by atoms with Gasteiger partial charge in [-0.1, -0.05) is 6.07 Å². The van der Waals surface area contributed by atoms with E-state index in [0.29, 0.717) is 22.8 Å². The largest absolute Gasteiger partial charge is 0.497 e. The van der Waals surface area contributed by atoms with E-state index in [2.05, 4.69) is 0 Å². The SMILES string of the molecule is COC(=O)c1ccc(C2CC2)c(-c2cc(OC)ccc2F)c1.